The average molecular weight is 456 g/mol. The zero-order valence-electron chi connectivity index (χ0n) is 18.3. The standard InChI is InChI=1S/C24H23F3N4O2/c1-16-7-8-18(15-17(16)2)31-22(32)10-9-21(28-31)29-11-13-30(14-12-29)23(33)19-5-3-4-6-20(19)24(25,26)27/h3-10,15H,11-14H2,1-2H3. The largest absolute Gasteiger partial charge is 0.417 e. The Hall–Kier alpha value is -3.62. The van der Waals surface area contributed by atoms with Crippen LogP contribution in [0, 0.1) is 13.8 Å². The summed E-state index contributed by atoms with van der Waals surface area (Å²) in [6.07, 6.45) is -4.60. The molecule has 1 aliphatic rings. The van der Waals surface area contributed by atoms with Gasteiger partial charge in [0, 0.05) is 32.2 Å². The predicted octanol–water partition coefficient (Wildman–Crippen LogP) is 3.83. The molecule has 2 aromatic carbocycles. The Morgan fingerprint density at radius 3 is 2.27 bits per heavy atom. The van der Waals surface area contributed by atoms with Gasteiger partial charge in [0.05, 0.1) is 16.8 Å². The van der Waals surface area contributed by atoms with Crippen molar-refractivity contribution < 1.29 is 18.0 Å². The van der Waals surface area contributed by atoms with Gasteiger partial charge in [-0.25, -0.2) is 0 Å². The zero-order valence-corrected chi connectivity index (χ0v) is 18.3. The maximum Gasteiger partial charge on any atom is 0.417 e. The van der Waals surface area contributed by atoms with Gasteiger partial charge in [0.1, 0.15) is 5.82 Å². The summed E-state index contributed by atoms with van der Waals surface area (Å²) >= 11 is 0. The topological polar surface area (TPSA) is 58.4 Å². The highest BCUT2D eigenvalue weighted by atomic mass is 19.4. The highest BCUT2D eigenvalue weighted by molar-refractivity contribution is 5.96. The van der Waals surface area contributed by atoms with E-state index in [-0.39, 0.29) is 24.2 Å². The first kappa shape index (κ1) is 22.6. The Labute approximate surface area is 188 Å². The molecule has 4 rings (SSSR count). The predicted molar refractivity (Wildman–Crippen MR) is 119 cm³/mol. The SMILES string of the molecule is Cc1ccc(-n2nc(N3CCN(C(=O)c4ccccc4C(F)(F)F)CC3)ccc2=O)cc1C. The molecule has 3 aromatic rings. The summed E-state index contributed by atoms with van der Waals surface area (Å²) in [5, 5.41) is 4.49. The van der Waals surface area contributed by atoms with Crippen LogP contribution in [-0.2, 0) is 6.18 Å². The van der Waals surface area contributed by atoms with Gasteiger partial charge in [0.25, 0.3) is 11.5 Å². The van der Waals surface area contributed by atoms with E-state index in [9.17, 15) is 22.8 Å². The van der Waals surface area contributed by atoms with Crippen LogP contribution in [0.2, 0.25) is 0 Å². The van der Waals surface area contributed by atoms with Gasteiger partial charge in [0.2, 0.25) is 0 Å². The number of anilines is 1. The number of hydrogen-bond donors (Lipinski definition) is 0. The smallest absolute Gasteiger partial charge is 0.352 e. The van der Waals surface area contributed by atoms with Crippen molar-refractivity contribution in [2.24, 2.45) is 0 Å². The summed E-state index contributed by atoms with van der Waals surface area (Å²) in [5.41, 5.74) is 1.26. The van der Waals surface area contributed by atoms with E-state index < -0.39 is 17.6 Å². The molecule has 0 aliphatic carbocycles. The van der Waals surface area contributed by atoms with Crippen molar-refractivity contribution in [3.05, 3.63) is 87.2 Å². The molecule has 1 aliphatic heterocycles. The van der Waals surface area contributed by atoms with E-state index in [0.717, 1.165) is 17.2 Å². The molecule has 0 atom stereocenters. The fraction of sp³-hybridized carbons (Fsp3) is 0.292. The number of halogens is 3. The minimum Gasteiger partial charge on any atom is -0.352 e. The first-order valence-corrected chi connectivity index (χ1v) is 10.5. The second-order valence-corrected chi connectivity index (χ2v) is 8.03. The monoisotopic (exact) mass is 456 g/mol. The number of aromatic nitrogens is 2. The van der Waals surface area contributed by atoms with Gasteiger partial charge in [-0.1, -0.05) is 18.2 Å². The van der Waals surface area contributed by atoms with Crippen molar-refractivity contribution in [3.63, 3.8) is 0 Å². The first-order chi connectivity index (χ1) is 15.6. The van der Waals surface area contributed by atoms with Crippen molar-refractivity contribution in [3.8, 4) is 5.69 Å². The minimum absolute atomic E-state index is 0.246. The van der Waals surface area contributed by atoms with Gasteiger partial charge in [0.15, 0.2) is 0 Å². The van der Waals surface area contributed by atoms with E-state index in [1.165, 1.54) is 33.8 Å². The van der Waals surface area contributed by atoms with E-state index in [1.54, 1.807) is 6.07 Å². The molecule has 1 fully saturated rings. The van der Waals surface area contributed by atoms with Crippen molar-refractivity contribution in [1.82, 2.24) is 14.7 Å². The van der Waals surface area contributed by atoms with Gasteiger partial charge >= 0.3 is 6.18 Å². The van der Waals surface area contributed by atoms with E-state index >= 15 is 0 Å². The lowest BCUT2D eigenvalue weighted by Gasteiger charge is -2.35. The number of benzene rings is 2. The Morgan fingerprint density at radius 2 is 1.61 bits per heavy atom. The number of amides is 1. The lowest BCUT2D eigenvalue weighted by Crippen LogP contribution is -2.49. The number of alkyl halides is 3. The van der Waals surface area contributed by atoms with Crippen LogP contribution >= 0.6 is 0 Å². The summed E-state index contributed by atoms with van der Waals surface area (Å²) in [6, 6.07) is 13.5. The zero-order chi connectivity index (χ0) is 23.8. The molecular formula is C24H23F3N4O2. The van der Waals surface area contributed by atoms with E-state index in [2.05, 4.69) is 5.10 Å². The summed E-state index contributed by atoms with van der Waals surface area (Å²) in [4.78, 5) is 28.5. The van der Waals surface area contributed by atoms with Crippen LogP contribution in [0.25, 0.3) is 5.69 Å². The molecule has 33 heavy (non-hydrogen) atoms. The van der Waals surface area contributed by atoms with E-state index in [1.807, 2.05) is 36.9 Å². The van der Waals surface area contributed by atoms with Crippen LogP contribution in [0.1, 0.15) is 27.0 Å². The molecule has 9 heteroatoms. The number of piperazine rings is 1. The van der Waals surface area contributed by atoms with Crippen molar-refractivity contribution in [1.29, 1.82) is 0 Å². The molecule has 172 valence electrons. The molecule has 1 saturated heterocycles. The molecular weight excluding hydrogens is 433 g/mol. The molecule has 1 aromatic heterocycles. The van der Waals surface area contributed by atoms with Gasteiger partial charge in [-0.2, -0.15) is 17.9 Å². The fourth-order valence-corrected chi connectivity index (χ4v) is 3.84. The fourth-order valence-electron chi connectivity index (χ4n) is 3.84. The average Bonchev–Trinajstić information content (AvgIpc) is 2.80. The summed E-state index contributed by atoms with van der Waals surface area (Å²) < 4.78 is 41.2. The summed E-state index contributed by atoms with van der Waals surface area (Å²) in [7, 11) is 0. The summed E-state index contributed by atoms with van der Waals surface area (Å²) in [6.45, 7) is 5.21. The van der Waals surface area contributed by atoms with Crippen LogP contribution in [-0.4, -0.2) is 46.8 Å². The number of carbonyl (C=O) groups is 1. The summed E-state index contributed by atoms with van der Waals surface area (Å²) in [5.74, 6) is -0.0775. The third-order valence-corrected chi connectivity index (χ3v) is 5.88. The number of aryl methyl sites for hydroxylation is 2. The van der Waals surface area contributed by atoms with Crippen LogP contribution in [0.3, 0.4) is 0 Å². The van der Waals surface area contributed by atoms with E-state index in [4.69, 9.17) is 0 Å². The molecule has 0 unspecified atom stereocenters. The second kappa shape index (κ2) is 8.73. The van der Waals surface area contributed by atoms with Crippen molar-refractivity contribution >= 4 is 11.7 Å². The van der Waals surface area contributed by atoms with Crippen LogP contribution < -0.4 is 10.5 Å². The third-order valence-electron chi connectivity index (χ3n) is 5.88. The molecule has 2 heterocycles. The number of carbonyl (C=O) groups excluding carboxylic acids is 1. The molecule has 0 N–H and O–H groups in total. The minimum atomic E-state index is -4.60. The van der Waals surface area contributed by atoms with Gasteiger partial charge < -0.3 is 9.80 Å². The lowest BCUT2D eigenvalue weighted by atomic mass is 10.1. The molecule has 0 spiro atoms. The maximum absolute atomic E-state index is 13.3. The highest BCUT2D eigenvalue weighted by Crippen LogP contribution is 2.32. The molecule has 0 bridgehead atoms. The lowest BCUT2D eigenvalue weighted by molar-refractivity contribution is -0.138. The quantitative estimate of drug-likeness (QED) is 0.601. The molecule has 6 nitrogen and oxygen atoms in total. The second-order valence-electron chi connectivity index (χ2n) is 8.03. The number of nitrogens with zero attached hydrogens (tertiary/aromatic N) is 4. The van der Waals surface area contributed by atoms with Crippen LogP contribution in [0.4, 0.5) is 19.0 Å². The molecule has 0 radical (unpaired) electrons. The Balaban J connectivity index is 1.52. The molecule has 1 amide bonds. The van der Waals surface area contributed by atoms with Gasteiger partial charge in [-0.05, 0) is 55.3 Å². The highest BCUT2D eigenvalue weighted by Gasteiger charge is 2.36. The maximum atomic E-state index is 13.3. The third kappa shape index (κ3) is 4.62. The Bertz CT molecular complexity index is 1240. The Kier molecular flexibility index (Phi) is 5.97. The Morgan fingerprint density at radius 1 is 0.909 bits per heavy atom. The number of hydrogen-bond acceptors (Lipinski definition) is 4. The van der Waals surface area contributed by atoms with Crippen molar-refractivity contribution in [2.75, 3.05) is 31.1 Å². The normalized spacial score (nSPS) is 14.5. The van der Waals surface area contributed by atoms with E-state index in [0.29, 0.717) is 24.6 Å². The molecule has 0 saturated carbocycles. The van der Waals surface area contributed by atoms with Gasteiger partial charge in [-0.3, -0.25) is 9.59 Å². The first-order valence-electron chi connectivity index (χ1n) is 10.5. The van der Waals surface area contributed by atoms with Crippen LogP contribution in [0.15, 0.2) is 59.4 Å². The van der Waals surface area contributed by atoms with Gasteiger partial charge in [-0.15, -0.1) is 5.10 Å². The van der Waals surface area contributed by atoms with Crippen LogP contribution in [0.5, 0.6) is 0 Å². The number of rotatable bonds is 3. The van der Waals surface area contributed by atoms with Crippen molar-refractivity contribution in [2.45, 2.75) is 20.0 Å².